The maximum absolute atomic E-state index is 12.3. The Morgan fingerprint density at radius 3 is 2.60 bits per heavy atom. The maximum atomic E-state index is 12.3. The first-order valence-corrected chi connectivity index (χ1v) is 8.29. The van der Waals surface area contributed by atoms with Gasteiger partial charge in [-0.1, -0.05) is 47.5 Å². The zero-order valence-electron chi connectivity index (χ0n) is 13.8. The van der Waals surface area contributed by atoms with Gasteiger partial charge in [-0.05, 0) is 36.8 Å². The molecule has 0 atom stereocenters. The Morgan fingerprint density at radius 1 is 1.04 bits per heavy atom. The minimum absolute atomic E-state index is 0.164. The van der Waals surface area contributed by atoms with Crippen LogP contribution in [0.5, 0.6) is 0 Å². The summed E-state index contributed by atoms with van der Waals surface area (Å²) in [4.78, 5) is 16.5. The zero-order valence-corrected chi connectivity index (χ0v) is 14.5. The van der Waals surface area contributed by atoms with Crippen molar-refractivity contribution in [2.24, 2.45) is 0 Å². The summed E-state index contributed by atoms with van der Waals surface area (Å²) in [6.07, 6.45) is 3.21. The fourth-order valence-corrected chi connectivity index (χ4v) is 2.55. The van der Waals surface area contributed by atoms with Crippen LogP contribution in [0.1, 0.15) is 21.5 Å². The Balaban J connectivity index is 1.65. The van der Waals surface area contributed by atoms with E-state index >= 15 is 0 Å². The van der Waals surface area contributed by atoms with Crippen LogP contribution in [0.4, 0.5) is 11.4 Å². The van der Waals surface area contributed by atoms with E-state index < -0.39 is 0 Å². The van der Waals surface area contributed by atoms with Crippen LogP contribution < -0.4 is 10.6 Å². The van der Waals surface area contributed by atoms with Gasteiger partial charge in [0, 0.05) is 23.5 Å². The van der Waals surface area contributed by atoms with Crippen molar-refractivity contribution < 1.29 is 4.79 Å². The van der Waals surface area contributed by atoms with Gasteiger partial charge < -0.3 is 10.6 Å². The molecule has 0 spiro atoms. The molecule has 126 valence electrons. The second-order valence-corrected chi connectivity index (χ2v) is 6.20. The predicted molar refractivity (Wildman–Crippen MR) is 101 cm³/mol. The highest BCUT2D eigenvalue weighted by atomic mass is 35.5. The molecule has 0 aliphatic heterocycles. The number of rotatable bonds is 5. The number of carbonyl (C=O) groups excluding carboxylic acids is 1. The first-order chi connectivity index (χ1) is 12.1. The van der Waals surface area contributed by atoms with Crippen molar-refractivity contribution in [2.45, 2.75) is 13.5 Å². The number of hydrogen-bond donors (Lipinski definition) is 2. The summed E-state index contributed by atoms with van der Waals surface area (Å²) in [6, 6.07) is 17.2. The standard InChI is InChI=1S/C20H18ClN3O/c1-14-5-7-15(8-6-14)11-23-20(25)16-9-19(13-22-12-16)24-18-4-2-3-17(21)10-18/h2-10,12-13,24H,11H2,1H3,(H,23,25). The Bertz CT molecular complexity index is 878. The lowest BCUT2D eigenvalue weighted by atomic mass is 10.1. The highest BCUT2D eigenvalue weighted by molar-refractivity contribution is 6.30. The van der Waals surface area contributed by atoms with Gasteiger partial charge in [0.05, 0.1) is 17.4 Å². The lowest BCUT2D eigenvalue weighted by Gasteiger charge is -2.09. The monoisotopic (exact) mass is 351 g/mol. The maximum Gasteiger partial charge on any atom is 0.253 e. The average Bonchev–Trinajstić information content (AvgIpc) is 2.61. The fraction of sp³-hybridized carbons (Fsp3) is 0.100. The van der Waals surface area contributed by atoms with Crippen LogP contribution in [0.15, 0.2) is 67.0 Å². The van der Waals surface area contributed by atoms with Gasteiger partial charge in [-0.3, -0.25) is 9.78 Å². The molecule has 0 unspecified atom stereocenters. The van der Waals surface area contributed by atoms with Crippen molar-refractivity contribution in [3.05, 3.63) is 88.7 Å². The van der Waals surface area contributed by atoms with Gasteiger partial charge in [0.25, 0.3) is 5.91 Å². The summed E-state index contributed by atoms with van der Waals surface area (Å²) in [7, 11) is 0. The van der Waals surface area contributed by atoms with Gasteiger partial charge in [0.15, 0.2) is 0 Å². The molecule has 3 rings (SSSR count). The van der Waals surface area contributed by atoms with Gasteiger partial charge in [-0.15, -0.1) is 0 Å². The zero-order chi connectivity index (χ0) is 17.6. The van der Waals surface area contributed by atoms with Crippen LogP contribution in [0.2, 0.25) is 5.02 Å². The molecule has 4 nitrogen and oxygen atoms in total. The van der Waals surface area contributed by atoms with Crippen molar-refractivity contribution in [3.63, 3.8) is 0 Å². The van der Waals surface area contributed by atoms with Crippen LogP contribution >= 0.6 is 11.6 Å². The van der Waals surface area contributed by atoms with E-state index in [0.717, 1.165) is 16.9 Å². The number of nitrogens with one attached hydrogen (secondary N) is 2. The van der Waals surface area contributed by atoms with Gasteiger partial charge in [-0.25, -0.2) is 0 Å². The van der Waals surface area contributed by atoms with E-state index in [9.17, 15) is 4.79 Å². The molecule has 0 aliphatic carbocycles. The molecule has 0 saturated carbocycles. The molecule has 0 bridgehead atoms. The molecule has 3 aromatic rings. The molecule has 1 amide bonds. The van der Waals surface area contributed by atoms with E-state index in [2.05, 4.69) is 15.6 Å². The van der Waals surface area contributed by atoms with E-state index in [0.29, 0.717) is 17.1 Å². The average molecular weight is 352 g/mol. The smallest absolute Gasteiger partial charge is 0.253 e. The molecule has 0 radical (unpaired) electrons. The molecule has 0 aliphatic rings. The Hall–Kier alpha value is -2.85. The number of aromatic nitrogens is 1. The minimum atomic E-state index is -0.164. The van der Waals surface area contributed by atoms with E-state index in [1.54, 1.807) is 24.5 Å². The first kappa shape index (κ1) is 17.0. The SMILES string of the molecule is Cc1ccc(CNC(=O)c2cncc(Nc3cccc(Cl)c3)c2)cc1. The molecular formula is C20H18ClN3O. The first-order valence-electron chi connectivity index (χ1n) is 7.91. The van der Waals surface area contributed by atoms with Crippen LogP contribution in [0.25, 0.3) is 0 Å². The molecule has 5 heteroatoms. The van der Waals surface area contributed by atoms with E-state index in [1.807, 2.05) is 49.4 Å². The molecule has 1 heterocycles. The van der Waals surface area contributed by atoms with Crippen LogP contribution in [0, 0.1) is 6.92 Å². The number of amides is 1. The van der Waals surface area contributed by atoms with Gasteiger partial charge in [0.2, 0.25) is 0 Å². The fourth-order valence-electron chi connectivity index (χ4n) is 2.36. The third kappa shape index (κ3) is 4.81. The quantitative estimate of drug-likeness (QED) is 0.699. The molecule has 25 heavy (non-hydrogen) atoms. The third-order valence-electron chi connectivity index (χ3n) is 3.69. The van der Waals surface area contributed by atoms with Crippen molar-refractivity contribution in [3.8, 4) is 0 Å². The number of anilines is 2. The summed E-state index contributed by atoms with van der Waals surface area (Å²) in [6.45, 7) is 2.51. The second kappa shape index (κ2) is 7.81. The second-order valence-electron chi connectivity index (χ2n) is 5.77. The van der Waals surface area contributed by atoms with Gasteiger partial charge >= 0.3 is 0 Å². The van der Waals surface area contributed by atoms with E-state index in [4.69, 9.17) is 11.6 Å². The van der Waals surface area contributed by atoms with Crippen LogP contribution in [0.3, 0.4) is 0 Å². The summed E-state index contributed by atoms with van der Waals surface area (Å²) in [5.41, 5.74) is 4.31. The van der Waals surface area contributed by atoms with Crippen LogP contribution in [-0.2, 0) is 6.54 Å². The number of hydrogen-bond acceptors (Lipinski definition) is 3. The number of aryl methyl sites for hydroxylation is 1. The Morgan fingerprint density at radius 2 is 1.84 bits per heavy atom. The summed E-state index contributed by atoms with van der Waals surface area (Å²) >= 11 is 5.98. The Kier molecular flexibility index (Phi) is 5.31. The highest BCUT2D eigenvalue weighted by Crippen LogP contribution is 2.20. The summed E-state index contributed by atoms with van der Waals surface area (Å²) < 4.78 is 0. The van der Waals surface area contributed by atoms with Crippen LogP contribution in [-0.4, -0.2) is 10.9 Å². The molecule has 2 aromatic carbocycles. The summed E-state index contributed by atoms with van der Waals surface area (Å²) in [5.74, 6) is -0.164. The highest BCUT2D eigenvalue weighted by Gasteiger charge is 2.07. The third-order valence-corrected chi connectivity index (χ3v) is 3.92. The van der Waals surface area contributed by atoms with E-state index in [1.165, 1.54) is 5.56 Å². The lowest BCUT2D eigenvalue weighted by Crippen LogP contribution is -2.23. The molecule has 1 aromatic heterocycles. The molecule has 0 fully saturated rings. The predicted octanol–water partition coefficient (Wildman–Crippen LogP) is 4.72. The summed E-state index contributed by atoms with van der Waals surface area (Å²) in [5, 5.41) is 6.74. The number of pyridine rings is 1. The molecule has 0 saturated heterocycles. The number of carbonyl (C=O) groups is 1. The van der Waals surface area contributed by atoms with Gasteiger partial charge in [0.1, 0.15) is 0 Å². The molecular weight excluding hydrogens is 334 g/mol. The normalized spacial score (nSPS) is 10.3. The van der Waals surface area contributed by atoms with Crippen molar-refractivity contribution >= 4 is 28.9 Å². The van der Waals surface area contributed by atoms with Crippen molar-refractivity contribution in [1.29, 1.82) is 0 Å². The number of benzene rings is 2. The van der Waals surface area contributed by atoms with Crippen molar-refractivity contribution in [2.75, 3.05) is 5.32 Å². The van der Waals surface area contributed by atoms with Gasteiger partial charge in [-0.2, -0.15) is 0 Å². The topological polar surface area (TPSA) is 54.0 Å². The Labute approximate surface area is 151 Å². The minimum Gasteiger partial charge on any atom is -0.354 e. The number of nitrogens with zero attached hydrogens (tertiary/aromatic N) is 1. The largest absolute Gasteiger partial charge is 0.354 e. The van der Waals surface area contributed by atoms with E-state index in [-0.39, 0.29) is 5.91 Å². The lowest BCUT2D eigenvalue weighted by molar-refractivity contribution is 0.0950. The number of halogens is 1. The van der Waals surface area contributed by atoms with Crippen molar-refractivity contribution in [1.82, 2.24) is 10.3 Å². The molecule has 2 N–H and O–H groups in total.